The van der Waals surface area contributed by atoms with Crippen LogP contribution in [-0.4, -0.2) is 43.0 Å². The predicted molar refractivity (Wildman–Crippen MR) is 122 cm³/mol. The van der Waals surface area contributed by atoms with Crippen LogP contribution in [0.5, 0.6) is 11.5 Å². The molecule has 0 aliphatic rings. The summed E-state index contributed by atoms with van der Waals surface area (Å²) in [5.41, 5.74) is 1.27. The molecule has 2 aromatic carbocycles. The molecule has 0 spiro atoms. The Kier molecular flexibility index (Phi) is 9.50. The minimum atomic E-state index is -0.735. The third-order valence-corrected chi connectivity index (χ3v) is 5.54. The topological polar surface area (TPSA) is 67.9 Å². The molecule has 0 aliphatic heterocycles. The molecule has 6 nitrogen and oxygen atoms in total. The van der Waals surface area contributed by atoms with Gasteiger partial charge in [0, 0.05) is 24.6 Å². The molecule has 0 radical (unpaired) electrons. The molecule has 0 aliphatic carbocycles. The summed E-state index contributed by atoms with van der Waals surface area (Å²) in [5, 5.41) is 2.91. The van der Waals surface area contributed by atoms with Crippen LogP contribution in [0.25, 0.3) is 0 Å². The molecule has 1 N–H and O–H groups in total. The van der Waals surface area contributed by atoms with Crippen LogP contribution in [0.1, 0.15) is 44.7 Å². The highest BCUT2D eigenvalue weighted by Gasteiger charge is 2.27. The number of nitrogens with zero attached hydrogens (tertiary/aromatic N) is 1. The van der Waals surface area contributed by atoms with E-state index in [2.05, 4.69) is 5.32 Å². The number of aryl methyl sites for hydroxylation is 1. The summed E-state index contributed by atoms with van der Waals surface area (Å²) in [4.78, 5) is 27.4. The average Bonchev–Trinajstić information content (AvgIpc) is 2.81. The van der Waals surface area contributed by atoms with Crippen LogP contribution in [-0.2, 0) is 22.6 Å². The number of carbonyl (C=O) groups is 2. The molecule has 0 bridgehead atoms. The lowest BCUT2D eigenvalue weighted by atomic mass is 10.1. The molecule has 0 aromatic heterocycles. The molecule has 0 saturated carbocycles. The van der Waals surface area contributed by atoms with Crippen molar-refractivity contribution in [3.8, 4) is 11.5 Å². The van der Waals surface area contributed by atoms with E-state index in [1.807, 2.05) is 26.0 Å². The molecule has 32 heavy (non-hydrogen) atoms. The van der Waals surface area contributed by atoms with Gasteiger partial charge >= 0.3 is 0 Å². The molecule has 0 fully saturated rings. The van der Waals surface area contributed by atoms with Gasteiger partial charge in [0.15, 0.2) is 11.5 Å². The van der Waals surface area contributed by atoms with E-state index in [0.717, 1.165) is 12.0 Å². The summed E-state index contributed by atoms with van der Waals surface area (Å²) in [7, 11) is 3.12. The molecule has 0 heterocycles. The number of hydrogen-bond donors (Lipinski definition) is 1. The Bertz CT molecular complexity index is 919. The van der Waals surface area contributed by atoms with Gasteiger partial charge in [0.2, 0.25) is 11.8 Å². The van der Waals surface area contributed by atoms with Crippen LogP contribution >= 0.6 is 0 Å². The molecular formula is C25H33FN2O4. The Morgan fingerprint density at radius 2 is 1.75 bits per heavy atom. The quantitative estimate of drug-likeness (QED) is 0.566. The van der Waals surface area contributed by atoms with Gasteiger partial charge < -0.3 is 19.7 Å². The number of methoxy groups -OCH3 is 2. The lowest BCUT2D eigenvalue weighted by molar-refractivity contribution is -0.140. The SMILES string of the molecule is CC[C@@H](C)NC(=O)[C@@H](C)N(Cc1ccccc1F)C(=O)CCc1ccc(OC)c(OC)c1. The highest BCUT2D eigenvalue weighted by molar-refractivity contribution is 5.87. The number of rotatable bonds is 11. The number of carbonyl (C=O) groups excluding carboxylic acids is 2. The van der Waals surface area contributed by atoms with Gasteiger partial charge in [0.1, 0.15) is 11.9 Å². The van der Waals surface area contributed by atoms with Crippen molar-refractivity contribution >= 4 is 11.8 Å². The number of benzene rings is 2. The van der Waals surface area contributed by atoms with Gasteiger partial charge in [0.25, 0.3) is 0 Å². The monoisotopic (exact) mass is 444 g/mol. The van der Waals surface area contributed by atoms with Crippen molar-refractivity contribution in [3.05, 3.63) is 59.4 Å². The maximum atomic E-state index is 14.3. The van der Waals surface area contributed by atoms with Gasteiger partial charge in [-0.2, -0.15) is 0 Å². The van der Waals surface area contributed by atoms with Gasteiger partial charge in [-0.1, -0.05) is 31.2 Å². The Labute approximate surface area is 189 Å². The summed E-state index contributed by atoms with van der Waals surface area (Å²) >= 11 is 0. The van der Waals surface area contributed by atoms with Crippen molar-refractivity contribution in [2.45, 2.75) is 58.7 Å². The lowest BCUT2D eigenvalue weighted by Gasteiger charge is -2.30. The summed E-state index contributed by atoms with van der Waals surface area (Å²) in [6, 6.07) is 11.0. The second-order valence-corrected chi connectivity index (χ2v) is 7.80. The van der Waals surface area contributed by atoms with Crippen molar-refractivity contribution in [1.29, 1.82) is 0 Å². The second kappa shape index (κ2) is 12.1. The fourth-order valence-electron chi connectivity index (χ4n) is 3.29. The van der Waals surface area contributed by atoms with Crippen molar-refractivity contribution < 1.29 is 23.5 Å². The summed E-state index contributed by atoms with van der Waals surface area (Å²) in [6.07, 6.45) is 1.40. The maximum Gasteiger partial charge on any atom is 0.242 e. The second-order valence-electron chi connectivity index (χ2n) is 7.80. The van der Waals surface area contributed by atoms with E-state index in [1.54, 1.807) is 45.4 Å². The molecule has 2 rings (SSSR count). The number of amides is 2. The third-order valence-electron chi connectivity index (χ3n) is 5.54. The zero-order valence-electron chi connectivity index (χ0n) is 19.5. The molecule has 7 heteroatoms. The Balaban J connectivity index is 2.19. The highest BCUT2D eigenvalue weighted by atomic mass is 19.1. The van der Waals surface area contributed by atoms with E-state index in [9.17, 15) is 14.0 Å². The Hall–Kier alpha value is -3.09. The maximum absolute atomic E-state index is 14.3. The Morgan fingerprint density at radius 1 is 1.06 bits per heavy atom. The lowest BCUT2D eigenvalue weighted by Crippen LogP contribution is -2.49. The van der Waals surface area contributed by atoms with Crippen LogP contribution in [0.4, 0.5) is 4.39 Å². The molecule has 174 valence electrons. The number of ether oxygens (including phenoxy) is 2. The zero-order chi connectivity index (χ0) is 23.7. The van der Waals surface area contributed by atoms with Gasteiger partial charge in [-0.25, -0.2) is 4.39 Å². The van der Waals surface area contributed by atoms with Gasteiger partial charge in [0.05, 0.1) is 14.2 Å². The van der Waals surface area contributed by atoms with Crippen LogP contribution in [0, 0.1) is 5.82 Å². The van der Waals surface area contributed by atoms with E-state index >= 15 is 0 Å². The minimum absolute atomic E-state index is 0.0119. The first kappa shape index (κ1) is 25.2. The van der Waals surface area contributed by atoms with Crippen molar-refractivity contribution in [2.75, 3.05) is 14.2 Å². The third kappa shape index (κ3) is 6.70. The van der Waals surface area contributed by atoms with E-state index < -0.39 is 11.9 Å². The first-order valence-corrected chi connectivity index (χ1v) is 10.8. The van der Waals surface area contributed by atoms with Crippen molar-refractivity contribution in [3.63, 3.8) is 0 Å². The van der Waals surface area contributed by atoms with Gasteiger partial charge in [-0.05, 0) is 50.5 Å². The van der Waals surface area contributed by atoms with Gasteiger partial charge in [-0.15, -0.1) is 0 Å². The zero-order valence-corrected chi connectivity index (χ0v) is 19.5. The summed E-state index contributed by atoms with van der Waals surface area (Å²) < 4.78 is 24.9. The Morgan fingerprint density at radius 3 is 2.38 bits per heavy atom. The molecule has 2 atom stereocenters. The van der Waals surface area contributed by atoms with E-state index in [4.69, 9.17) is 9.47 Å². The number of halogens is 1. The van der Waals surface area contributed by atoms with Gasteiger partial charge in [-0.3, -0.25) is 9.59 Å². The summed E-state index contributed by atoms with van der Waals surface area (Å²) in [5.74, 6) is 0.311. The standard InChI is InChI=1S/C25H33FN2O4/c1-6-17(2)27-25(30)18(3)28(16-20-9-7-8-10-21(20)26)24(29)14-12-19-11-13-22(31-4)23(15-19)32-5/h7-11,13,15,17-18H,6,12,14,16H2,1-5H3,(H,27,30)/t17-,18-/m1/s1. The first-order chi connectivity index (χ1) is 15.3. The molecule has 2 amide bonds. The average molecular weight is 445 g/mol. The predicted octanol–water partition coefficient (Wildman–Crippen LogP) is 4.11. The smallest absolute Gasteiger partial charge is 0.242 e. The van der Waals surface area contributed by atoms with Crippen LogP contribution in [0.2, 0.25) is 0 Å². The van der Waals surface area contributed by atoms with E-state index in [-0.39, 0.29) is 30.8 Å². The highest BCUT2D eigenvalue weighted by Crippen LogP contribution is 2.28. The summed E-state index contributed by atoms with van der Waals surface area (Å²) in [6.45, 7) is 5.57. The van der Waals surface area contributed by atoms with Crippen molar-refractivity contribution in [2.24, 2.45) is 0 Å². The normalized spacial score (nSPS) is 12.6. The first-order valence-electron chi connectivity index (χ1n) is 10.8. The van der Waals surface area contributed by atoms with Crippen LogP contribution < -0.4 is 14.8 Å². The fraction of sp³-hybridized carbons (Fsp3) is 0.440. The van der Waals surface area contributed by atoms with E-state index in [1.165, 1.54) is 11.0 Å². The molecule has 2 aromatic rings. The van der Waals surface area contributed by atoms with Crippen LogP contribution in [0.3, 0.4) is 0 Å². The minimum Gasteiger partial charge on any atom is -0.493 e. The molecule has 0 unspecified atom stereocenters. The van der Waals surface area contributed by atoms with E-state index in [0.29, 0.717) is 23.5 Å². The molecular weight excluding hydrogens is 411 g/mol. The van der Waals surface area contributed by atoms with Crippen LogP contribution in [0.15, 0.2) is 42.5 Å². The largest absolute Gasteiger partial charge is 0.493 e. The van der Waals surface area contributed by atoms with Crippen molar-refractivity contribution in [1.82, 2.24) is 10.2 Å². The molecule has 0 saturated heterocycles. The fourth-order valence-corrected chi connectivity index (χ4v) is 3.29. The number of hydrogen-bond acceptors (Lipinski definition) is 4. The number of nitrogens with one attached hydrogen (secondary N) is 1.